The van der Waals surface area contributed by atoms with E-state index in [4.69, 9.17) is 9.47 Å². The molecule has 0 atom stereocenters. The summed E-state index contributed by atoms with van der Waals surface area (Å²) in [5.41, 5.74) is 12.9. The molecule has 202 valence electrons. The van der Waals surface area contributed by atoms with Gasteiger partial charge >= 0.3 is 0 Å². The molecule has 0 N–H and O–H groups in total. The molecule has 5 aromatic carbocycles. The Morgan fingerprint density at radius 1 is 0.512 bits per heavy atom. The molecule has 0 heterocycles. The van der Waals surface area contributed by atoms with E-state index >= 15 is 0 Å². The van der Waals surface area contributed by atoms with Gasteiger partial charge in [0.1, 0.15) is 0 Å². The van der Waals surface area contributed by atoms with Crippen LogP contribution in [0.2, 0.25) is 0 Å². The summed E-state index contributed by atoms with van der Waals surface area (Å²) < 4.78 is 10.7. The molecule has 41 heavy (non-hydrogen) atoms. The lowest BCUT2D eigenvalue weighted by atomic mass is 9.92. The highest BCUT2D eigenvalue weighted by Crippen LogP contribution is 2.37. The Labute approximate surface area is 242 Å². The predicted molar refractivity (Wildman–Crippen MR) is 171 cm³/mol. The number of nitrogens with zero attached hydrogens (tertiary/aromatic N) is 1. The molecule has 0 aromatic heterocycles. The largest absolute Gasteiger partial charge is 0.380 e. The van der Waals surface area contributed by atoms with Crippen LogP contribution in [0.25, 0.3) is 23.8 Å². The highest BCUT2D eigenvalue weighted by atomic mass is 16.5. The van der Waals surface area contributed by atoms with Gasteiger partial charge < -0.3 is 14.4 Å². The Bertz CT molecular complexity index is 1580. The Balaban J connectivity index is 1.39. The molecule has 0 spiro atoms. The molecule has 1 aliphatic carbocycles. The van der Waals surface area contributed by atoms with Crippen molar-refractivity contribution in [2.75, 3.05) is 19.1 Å². The van der Waals surface area contributed by atoms with Gasteiger partial charge in [-0.3, -0.25) is 0 Å². The Kier molecular flexibility index (Phi) is 7.90. The van der Waals surface area contributed by atoms with Crippen molar-refractivity contribution in [1.29, 1.82) is 0 Å². The van der Waals surface area contributed by atoms with E-state index in [1.54, 1.807) is 14.2 Å². The van der Waals surface area contributed by atoms with Gasteiger partial charge in [-0.1, -0.05) is 97.1 Å². The summed E-state index contributed by atoms with van der Waals surface area (Å²) in [5, 5.41) is 0. The molecule has 6 rings (SSSR count). The van der Waals surface area contributed by atoms with Gasteiger partial charge in [-0.15, -0.1) is 0 Å². The molecule has 0 saturated heterocycles. The summed E-state index contributed by atoms with van der Waals surface area (Å²) >= 11 is 0. The lowest BCUT2D eigenvalue weighted by Crippen LogP contribution is -2.10. The van der Waals surface area contributed by atoms with E-state index in [-0.39, 0.29) is 0 Å². The number of methoxy groups -OCH3 is 2. The van der Waals surface area contributed by atoms with Gasteiger partial charge in [0.25, 0.3) is 0 Å². The molecule has 0 unspecified atom stereocenters. The van der Waals surface area contributed by atoms with E-state index in [1.165, 1.54) is 27.8 Å². The average Bonchev–Trinajstić information content (AvgIpc) is 3.17. The molecule has 1 aliphatic rings. The Morgan fingerprint density at radius 3 is 1.37 bits per heavy atom. The van der Waals surface area contributed by atoms with Gasteiger partial charge in [-0.2, -0.15) is 0 Å². The van der Waals surface area contributed by atoms with Crippen LogP contribution in [0.3, 0.4) is 0 Å². The van der Waals surface area contributed by atoms with Crippen molar-refractivity contribution in [1.82, 2.24) is 0 Å². The highest BCUT2D eigenvalue weighted by Gasteiger charge is 2.16. The topological polar surface area (TPSA) is 21.7 Å². The number of fused-ring (bicyclic) bond motifs is 2. The number of rotatable bonds is 8. The van der Waals surface area contributed by atoms with Crippen LogP contribution in [-0.4, -0.2) is 14.2 Å². The molecular weight excluding hydrogens is 502 g/mol. The molecule has 0 saturated carbocycles. The Hall–Kier alpha value is -4.70. The maximum absolute atomic E-state index is 5.33. The second-order valence-corrected chi connectivity index (χ2v) is 10.2. The van der Waals surface area contributed by atoms with Crippen LogP contribution in [-0.2, 0) is 22.7 Å². The zero-order valence-corrected chi connectivity index (χ0v) is 23.5. The zero-order valence-electron chi connectivity index (χ0n) is 23.5. The van der Waals surface area contributed by atoms with Gasteiger partial charge in [-0.05, 0) is 87.0 Å². The van der Waals surface area contributed by atoms with Crippen molar-refractivity contribution in [3.63, 3.8) is 0 Å². The Morgan fingerprint density at radius 2 is 0.927 bits per heavy atom. The number of ether oxygens (including phenoxy) is 2. The molecule has 3 nitrogen and oxygen atoms in total. The van der Waals surface area contributed by atoms with Crippen molar-refractivity contribution in [3.8, 4) is 0 Å². The summed E-state index contributed by atoms with van der Waals surface area (Å²) in [7, 11) is 3.45. The first-order chi connectivity index (χ1) is 20.2. The van der Waals surface area contributed by atoms with Crippen molar-refractivity contribution in [2.24, 2.45) is 0 Å². The molecule has 3 heteroatoms. The predicted octanol–water partition coefficient (Wildman–Crippen LogP) is 9.52. The zero-order chi connectivity index (χ0) is 28.0. The summed E-state index contributed by atoms with van der Waals surface area (Å²) in [6.07, 6.45) is 6.73. The van der Waals surface area contributed by atoms with Gasteiger partial charge in [0, 0.05) is 31.3 Å². The summed E-state index contributed by atoms with van der Waals surface area (Å²) in [5.74, 6) is 0. The van der Waals surface area contributed by atoms with E-state index in [0.717, 1.165) is 33.8 Å². The third-order valence-corrected chi connectivity index (χ3v) is 7.42. The fraction of sp³-hybridized carbons (Fsp3) is 0.105. The SMILES string of the molecule is COCc1ccc(N(c2ccc(C=C3c4ccccc4C=Cc4ccccc43)cc2)c2ccc(COC)cc2)cc1. The van der Waals surface area contributed by atoms with E-state index < -0.39 is 0 Å². The summed E-state index contributed by atoms with van der Waals surface area (Å²) in [4.78, 5) is 2.28. The number of anilines is 3. The molecule has 0 aliphatic heterocycles. The van der Waals surface area contributed by atoms with Crippen LogP contribution in [0.1, 0.15) is 38.9 Å². The van der Waals surface area contributed by atoms with E-state index in [1.807, 2.05) is 0 Å². The minimum Gasteiger partial charge on any atom is -0.380 e. The number of benzene rings is 5. The molecule has 0 bridgehead atoms. The molecule has 5 aromatic rings. The maximum atomic E-state index is 5.33. The molecule has 0 amide bonds. The summed E-state index contributed by atoms with van der Waals surface area (Å²) in [6, 6.07) is 43.1. The normalized spacial score (nSPS) is 11.9. The molecule has 0 radical (unpaired) electrons. The van der Waals surface area contributed by atoms with Gasteiger partial charge in [0.2, 0.25) is 0 Å². The van der Waals surface area contributed by atoms with E-state index in [0.29, 0.717) is 13.2 Å². The lowest BCUT2D eigenvalue weighted by Gasteiger charge is -2.26. The first-order valence-corrected chi connectivity index (χ1v) is 13.9. The van der Waals surface area contributed by atoms with Crippen LogP contribution in [0, 0.1) is 0 Å². The second-order valence-electron chi connectivity index (χ2n) is 10.2. The van der Waals surface area contributed by atoms with Crippen molar-refractivity contribution < 1.29 is 9.47 Å². The average molecular weight is 536 g/mol. The fourth-order valence-electron chi connectivity index (χ4n) is 5.40. The van der Waals surface area contributed by atoms with Crippen LogP contribution in [0.5, 0.6) is 0 Å². The standard InChI is InChI=1S/C38H33NO2/c1-40-26-29-13-21-34(22-14-29)39(35-23-15-30(16-24-35)27-41-2)33-19-11-28(12-20-33)25-38-36-9-5-3-7-31(36)17-18-32-8-4-6-10-37(32)38/h3-25H,26-27H2,1-2H3. The van der Waals surface area contributed by atoms with Crippen LogP contribution < -0.4 is 4.90 Å². The smallest absolute Gasteiger partial charge is 0.0713 e. The highest BCUT2D eigenvalue weighted by molar-refractivity contribution is 6.00. The van der Waals surface area contributed by atoms with Crippen LogP contribution in [0.15, 0.2) is 121 Å². The van der Waals surface area contributed by atoms with Crippen molar-refractivity contribution in [2.45, 2.75) is 13.2 Å². The van der Waals surface area contributed by atoms with E-state index in [9.17, 15) is 0 Å². The number of hydrogen-bond acceptors (Lipinski definition) is 3. The first-order valence-electron chi connectivity index (χ1n) is 13.9. The van der Waals surface area contributed by atoms with E-state index in [2.05, 4.69) is 144 Å². The summed E-state index contributed by atoms with van der Waals surface area (Å²) in [6.45, 7) is 1.19. The van der Waals surface area contributed by atoms with Gasteiger partial charge in [0.05, 0.1) is 13.2 Å². The molecular formula is C38H33NO2. The molecule has 0 fully saturated rings. The van der Waals surface area contributed by atoms with Gasteiger partial charge in [-0.25, -0.2) is 0 Å². The van der Waals surface area contributed by atoms with Crippen molar-refractivity contribution in [3.05, 3.63) is 160 Å². The minimum absolute atomic E-state index is 0.594. The monoisotopic (exact) mass is 535 g/mol. The fourth-order valence-corrected chi connectivity index (χ4v) is 5.40. The lowest BCUT2D eigenvalue weighted by molar-refractivity contribution is 0.185. The van der Waals surface area contributed by atoms with Crippen LogP contribution >= 0.6 is 0 Å². The van der Waals surface area contributed by atoms with Gasteiger partial charge in [0.15, 0.2) is 0 Å². The number of hydrogen-bond donors (Lipinski definition) is 0. The third kappa shape index (κ3) is 5.78. The van der Waals surface area contributed by atoms with Crippen LogP contribution in [0.4, 0.5) is 17.1 Å². The third-order valence-electron chi connectivity index (χ3n) is 7.42. The second kappa shape index (κ2) is 12.2. The quantitative estimate of drug-likeness (QED) is 0.194. The minimum atomic E-state index is 0.594. The first kappa shape index (κ1) is 26.5. The maximum Gasteiger partial charge on any atom is 0.0713 e. The van der Waals surface area contributed by atoms with Crippen molar-refractivity contribution >= 4 is 40.9 Å².